The zero-order valence-electron chi connectivity index (χ0n) is 17.4. The van der Waals surface area contributed by atoms with Crippen molar-refractivity contribution < 1.29 is 9.59 Å². The van der Waals surface area contributed by atoms with E-state index in [2.05, 4.69) is 10.6 Å². The molecule has 0 saturated heterocycles. The second-order valence-corrected chi connectivity index (χ2v) is 8.49. The van der Waals surface area contributed by atoms with Gasteiger partial charge in [0.15, 0.2) is 0 Å². The number of hydrogen-bond acceptors (Lipinski definition) is 3. The molecule has 0 fully saturated rings. The fourth-order valence-electron chi connectivity index (χ4n) is 2.91. The van der Waals surface area contributed by atoms with E-state index in [0.29, 0.717) is 10.0 Å². The van der Waals surface area contributed by atoms with Crippen molar-refractivity contribution in [1.82, 2.24) is 10.2 Å². The Kier molecular flexibility index (Phi) is 7.69. The van der Waals surface area contributed by atoms with E-state index in [1.807, 2.05) is 52.0 Å². The highest BCUT2D eigenvalue weighted by molar-refractivity contribution is 6.42. The summed E-state index contributed by atoms with van der Waals surface area (Å²) in [5.41, 5.74) is 3.17. The number of hydrogen-bond donors (Lipinski definition) is 2. The van der Waals surface area contributed by atoms with Crippen LogP contribution in [0.5, 0.6) is 0 Å². The molecule has 2 aromatic carbocycles. The van der Waals surface area contributed by atoms with Gasteiger partial charge in [-0.1, -0.05) is 47.5 Å². The van der Waals surface area contributed by atoms with Crippen molar-refractivity contribution in [2.24, 2.45) is 0 Å². The van der Waals surface area contributed by atoms with Gasteiger partial charge in [-0.2, -0.15) is 0 Å². The minimum Gasteiger partial charge on any atom is -0.335 e. The molecule has 2 rings (SSSR count). The van der Waals surface area contributed by atoms with Crippen LogP contribution in [0, 0.1) is 13.8 Å². The number of benzene rings is 2. The Bertz CT molecular complexity index is 893. The lowest BCUT2D eigenvalue weighted by Gasteiger charge is -2.28. The highest BCUT2D eigenvalue weighted by Crippen LogP contribution is 2.28. The monoisotopic (exact) mass is 435 g/mol. The number of halogens is 2. The summed E-state index contributed by atoms with van der Waals surface area (Å²) in [6.45, 7) is 7.84. The maximum Gasteiger partial charge on any atom is 0.243 e. The van der Waals surface area contributed by atoms with Gasteiger partial charge in [-0.05, 0) is 56.5 Å². The molecule has 2 N–H and O–H groups in total. The van der Waals surface area contributed by atoms with Crippen LogP contribution >= 0.6 is 23.2 Å². The van der Waals surface area contributed by atoms with Crippen molar-refractivity contribution in [3.8, 4) is 0 Å². The Morgan fingerprint density at radius 2 is 1.66 bits per heavy atom. The molecule has 0 radical (unpaired) electrons. The molecular formula is C22H27Cl2N3O2. The molecular weight excluding hydrogens is 409 g/mol. The summed E-state index contributed by atoms with van der Waals surface area (Å²) in [4.78, 5) is 26.3. The molecule has 0 aliphatic carbocycles. The van der Waals surface area contributed by atoms with E-state index in [-0.39, 0.29) is 24.9 Å². The molecule has 0 atom stereocenters. The average molecular weight is 436 g/mol. The molecule has 0 bridgehead atoms. The predicted octanol–water partition coefficient (Wildman–Crippen LogP) is 4.53. The van der Waals surface area contributed by atoms with E-state index in [1.165, 1.54) is 4.90 Å². The molecule has 0 spiro atoms. The fraction of sp³-hybridized carbons (Fsp3) is 0.364. The van der Waals surface area contributed by atoms with Gasteiger partial charge in [0.2, 0.25) is 11.8 Å². The van der Waals surface area contributed by atoms with E-state index in [4.69, 9.17) is 23.2 Å². The summed E-state index contributed by atoms with van der Waals surface area (Å²) >= 11 is 12.1. The molecule has 0 aromatic heterocycles. The molecule has 156 valence electrons. The number of carbonyl (C=O) groups excluding carboxylic acids is 2. The van der Waals surface area contributed by atoms with Gasteiger partial charge in [0.1, 0.15) is 0 Å². The van der Waals surface area contributed by atoms with Crippen molar-refractivity contribution in [2.75, 3.05) is 25.5 Å². The number of nitrogens with one attached hydrogen (secondary N) is 2. The first-order chi connectivity index (χ1) is 13.5. The largest absolute Gasteiger partial charge is 0.335 e. The standard InChI is InChI=1S/C22H27Cl2N3O2/c1-14-7-6-8-15(2)21(14)26-19(28)13-27(5)20(29)12-25-22(3,4)16-9-10-17(23)18(24)11-16/h6-11,25H,12-13H2,1-5H3,(H,26,28). The summed E-state index contributed by atoms with van der Waals surface area (Å²) in [5.74, 6) is -0.420. The van der Waals surface area contributed by atoms with Gasteiger partial charge < -0.3 is 10.2 Å². The Labute approximate surface area is 182 Å². The smallest absolute Gasteiger partial charge is 0.243 e. The number of likely N-dealkylation sites (N-methyl/N-ethyl adjacent to an activating group) is 1. The summed E-state index contributed by atoms with van der Waals surface area (Å²) in [6.07, 6.45) is 0. The molecule has 5 nitrogen and oxygen atoms in total. The van der Waals surface area contributed by atoms with Gasteiger partial charge in [0, 0.05) is 18.3 Å². The molecule has 0 heterocycles. The van der Waals surface area contributed by atoms with E-state index in [0.717, 1.165) is 22.4 Å². The predicted molar refractivity (Wildman–Crippen MR) is 120 cm³/mol. The molecule has 0 saturated carbocycles. The van der Waals surface area contributed by atoms with E-state index < -0.39 is 5.54 Å². The summed E-state index contributed by atoms with van der Waals surface area (Å²) in [5, 5.41) is 7.06. The topological polar surface area (TPSA) is 61.4 Å². The van der Waals surface area contributed by atoms with Crippen LogP contribution in [-0.2, 0) is 15.1 Å². The first-order valence-electron chi connectivity index (χ1n) is 9.32. The third kappa shape index (κ3) is 6.20. The van der Waals surface area contributed by atoms with Gasteiger partial charge in [-0.15, -0.1) is 0 Å². The van der Waals surface area contributed by atoms with Crippen molar-refractivity contribution in [1.29, 1.82) is 0 Å². The summed E-state index contributed by atoms with van der Waals surface area (Å²) in [6, 6.07) is 11.2. The third-order valence-corrected chi connectivity index (χ3v) is 5.61. The highest BCUT2D eigenvalue weighted by atomic mass is 35.5. The van der Waals surface area contributed by atoms with Crippen LogP contribution in [-0.4, -0.2) is 36.9 Å². The average Bonchev–Trinajstić information content (AvgIpc) is 2.65. The second-order valence-electron chi connectivity index (χ2n) is 7.67. The van der Waals surface area contributed by atoms with Crippen LogP contribution < -0.4 is 10.6 Å². The van der Waals surface area contributed by atoms with Crippen molar-refractivity contribution in [3.63, 3.8) is 0 Å². The lowest BCUT2D eigenvalue weighted by Crippen LogP contribution is -2.45. The molecule has 0 aliphatic heterocycles. The maximum atomic E-state index is 12.5. The number of rotatable bonds is 7. The quantitative estimate of drug-likeness (QED) is 0.671. The van der Waals surface area contributed by atoms with Gasteiger partial charge in [-0.3, -0.25) is 14.9 Å². The van der Waals surface area contributed by atoms with Crippen molar-refractivity contribution in [2.45, 2.75) is 33.2 Å². The van der Waals surface area contributed by atoms with Gasteiger partial charge in [-0.25, -0.2) is 0 Å². The van der Waals surface area contributed by atoms with Gasteiger partial charge in [0.25, 0.3) is 0 Å². The summed E-state index contributed by atoms with van der Waals surface area (Å²) < 4.78 is 0. The molecule has 0 unspecified atom stereocenters. The van der Waals surface area contributed by atoms with Crippen LogP contribution in [0.15, 0.2) is 36.4 Å². The Hall–Kier alpha value is -2.08. The number of para-hydroxylation sites is 1. The number of amides is 2. The van der Waals surface area contributed by atoms with Crippen molar-refractivity contribution >= 4 is 40.7 Å². The number of carbonyl (C=O) groups is 2. The van der Waals surface area contributed by atoms with Crippen LogP contribution in [0.1, 0.15) is 30.5 Å². The van der Waals surface area contributed by atoms with E-state index in [1.54, 1.807) is 19.2 Å². The lowest BCUT2D eigenvalue weighted by molar-refractivity contribution is -0.132. The molecule has 2 amide bonds. The Morgan fingerprint density at radius 3 is 2.24 bits per heavy atom. The Balaban J connectivity index is 1.92. The van der Waals surface area contributed by atoms with Crippen molar-refractivity contribution in [3.05, 3.63) is 63.1 Å². The number of aryl methyl sites for hydroxylation is 2. The van der Waals surface area contributed by atoms with Gasteiger partial charge in [0.05, 0.1) is 23.1 Å². The van der Waals surface area contributed by atoms with Crippen LogP contribution in [0.3, 0.4) is 0 Å². The third-order valence-electron chi connectivity index (χ3n) is 4.87. The second kappa shape index (κ2) is 9.61. The minimum atomic E-state index is -0.495. The van der Waals surface area contributed by atoms with Gasteiger partial charge >= 0.3 is 0 Å². The number of nitrogens with zero attached hydrogens (tertiary/aromatic N) is 1. The fourth-order valence-corrected chi connectivity index (χ4v) is 3.21. The molecule has 29 heavy (non-hydrogen) atoms. The van der Waals surface area contributed by atoms with Crippen LogP contribution in [0.25, 0.3) is 0 Å². The number of anilines is 1. The van der Waals surface area contributed by atoms with E-state index in [9.17, 15) is 9.59 Å². The first-order valence-corrected chi connectivity index (χ1v) is 10.1. The minimum absolute atomic E-state index is 0.0263. The van der Waals surface area contributed by atoms with Crippen LogP contribution in [0.2, 0.25) is 10.0 Å². The molecule has 7 heteroatoms. The first kappa shape index (κ1) is 23.2. The zero-order valence-corrected chi connectivity index (χ0v) is 18.9. The SMILES string of the molecule is Cc1cccc(C)c1NC(=O)CN(C)C(=O)CNC(C)(C)c1ccc(Cl)c(Cl)c1. The van der Waals surface area contributed by atoms with Crippen LogP contribution in [0.4, 0.5) is 5.69 Å². The summed E-state index contributed by atoms with van der Waals surface area (Å²) in [7, 11) is 1.61. The Morgan fingerprint density at radius 1 is 1.03 bits per heavy atom. The normalized spacial score (nSPS) is 11.3. The maximum absolute atomic E-state index is 12.5. The highest BCUT2D eigenvalue weighted by Gasteiger charge is 2.23. The zero-order chi connectivity index (χ0) is 21.8. The molecule has 0 aliphatic rings. The van der Waals surface area contributed by atoms with E-state index >= 15 is 0 Å². The lowest BCUT2D eigenvalue weighted by atomic mass is 9.94. The molecule has 2 aromatic rings.